The van der Waals surface area contributed by atoms with Crippen LogP contribution in [0.3, 0.4) is 0 Å². The number of aromatic nitrogens is 3. The van der Waals surface area contributed by atoms with Crippen molar-refractivity contribution < 1.29 is 17.9 Å². The highest BCUT2D eigenvalue weighted by molar-refractivity contribution is 8.00. The van der Waals surface area contributed by atoms with Crippen LogP contribution in [0.5, 0.6) is 0 Å². The average Bonchev–Trinajstić information content (AvgIpc) is 3.40. The van der Waals surface area contributed by atoms with Crippen LogP contribution < -0.4 is 0 Å². The normalized spacial score (nSPS) is 15.2. The molecule has 4 aromatic rings. The van der Waals surface area contributed by atoms with Gasteiger partial charge >= 0.3 is 0 Å². The molecule has 0 spiro atoms. The summed E-state index contributed by atoms with van der Waals surface area (Å²) in [6, 6.07) is 21.5. The van der Waals surface area contributed by atoms with Gasteiger partial charge in [0.1, 0.15) is 0 Å². The lowest BCUT2D eigenvalue weighted by Crippen LogP contribution is -2.40. The Labute approximate surface area is 243 Å². The van der Waals surface area contributed by atoms with Gasteiger partial charge in [0.2, 0.25) is 10.0 Å². The number of thioether (sulfide) groups is 1. The highest BCUT2D eigenvalue weighted by Gasteiger charge is 2.28. The van der Waals surface area contributed by atoms with Crippen LogP contribution in [0.25, 0.3) is 17.1 Å². The number of halogens is 1. The first-order valence-electron chi connectivity index (χ1n) is 13.0. The van der Waals surface area contributed by atoms with E-state index < -0.39 is 15.3 Å². The van der Waals surface area contributed by atoms with Crippen molar-refractivity contribution in [2.75, 3.05) is 26.3 Å². The number of carbonyl (C=O) groups excluding carboxylic acids is 1. The Balaban J connectivity index is 1.51. The molecule has 2 heterocycles. The lowest BCUT2D eigenvalue weighted by atomic mass is 10.1. The molecule has 208 valence electrons. The highest BCUT2D eigenvalue weighted by Crippen LogP contribution is 2.33. The van der Waals surface area contributed by atoms with E-state index in [9.17, 15) is 13.2 Å². The molecule has 0 bridgehead atoms. The van der Waals surface area contributed by atoms with Crippen LogP contribution in [0.15, 0.2) is 82.8 Å². The number of carbonyl (C=O) groups is 1. The zero-order valence-corrected chi connectivity index (χ0v) is 24.5. The van der Waals surface area contributed by atoms with E-state index in [1.165, 1.54) is 21.6 Å². The number of morpholine rings is 1. The molecule has 40 heavy (non-hydrogen) atoms. The molecule has 0 radical (unpaired) electrons. The predicted octanol–water partition coefficient (Wildman–Crippen LogP) is 5.53. The molecule has 1 atom stereocenters. The van der Waals surface area contributed by atoms with E-state index in [1.807, 2.05) is 43.3 Å². The van der Waals surface area contributed by atoms with Crippen LogP contribution in [0, 0.1) is 0 Å². The van der Waals surface area contributed by atoms with Gasteiger partial charge in [-0.3, -0.25) is 9.36 Å². The van der Waals surface area contributed by atoms with Gasteiger partial charge in [-0.15, -0.1) is 10.2 Å². The molecule has 1 aliphatic heterocycles. The molecule has 1 unspecified atom stereocenters. The van der Waals surface area contributed by atoms with Crippen molar-refractivity contribution in [3.63, 3.8) is 0 Å². The molecular formula is C29H29ClN4O4S2. The van der Waals surface area contributed by atoms with Crippen molar-refractivity contribution in [3.8, 4) is 17.1 Å². The van der Waals surface area contributed by atoms with Gasteiger partial charge in [-0.1, -0.05) is 72.8 Å². The molecule has 0 aliphatic carbocycles. The van der Waals surface area contributed by atoms with Crippen LogP contribution in [0.4, 0.5) is 0 Å². The summed E-state index contributed by atoms with van der Waals surface area (Å²) in [5.41, 5.74) is 3.07. The second-order valence-corrected chi connectivity index (χ2v) is 13.0. The lowest BCUT2D eigenvalue weighted by Gasteiger charge is -2.26. The molecule has 8 nitrogen and oxygen atoms in total. The van der Waals surface area contributed by atoms with Gasteiger partial charge in [0, 0.05) is 29.2 Å². The van der Waals surface area contributed by atoms with Gasteiger partial charge in [0.25, 0.3) is 0 Å². The lowest BCUT2D eigenvalue weighted by molar-refractivity contribution is 0.0730. The van der Waals surface area contributed by atoms with E-state index in [1.54, 1.807) is 41.0 Å². The van der Waals surface area contributed by atoms with Gasteiger partial charge < -0.3 is 4.74 Å². The first-order chi connectivity index (χ1) is 19.3. The Morgan fingerprint density at radius 2 is 1.75 bits per heavy atom. The molecule has 0 amide bonds. The summed E-state index contributed by atoms with van der Waals surface area (Å²) < 4.78 is 35.2. The topological polar surface area (TPSA) is 94.4 Å². The van der Waals surface area contributed by atoms with Gasteiger partial charge in [0.15, 0.2) is 16.8 Å². The average molecular weight is 597 g/mol. The number of ketones is 1. The van der Waals surface area contributed by atoms with Crippen LogP contribution in [-0.2, 0) is 21.2 Å². The molecule has 1 aliphatic rings. The summed E-state index contributed by atoms with van der Waals surface area (Å²) in [5, 5.41) is 9.44. The molecule has 1 saturated heterocycles. The van der Waals surface area contributed by atoms with Crippen LogP contribution in [0.2, 0.25) is 5.02 Å². The number of Topliss-reactive ketones (excluding diaryl/α,β-unsaturated/α-hetero) is 1. The maximum absolute atomic E-state index is 13.3. The van der Waals surface area contributed by atoms with Crippen molar-refractivity contribution in [2.24, 2.45) is 0 Å². The highest BCUT2D eigenvalue weighted by atomic mass is 35.5. The van der Waals surface area contributed by atoms with Crippen molar-refractivity contribution in [2.45, 2.75) is 35.6 Å². The minimum Gasteiger partial charge on any atom is -0.379 e. The predicted molar refractivity (Wildman–Crippen MR) is 157 cm³/mol. The third-order valence-corrected chi connectivity index (χ3v) is 9.87. The van der Waals surface area contributed by atoms with E-state index in [-0.39, 0.29) is 10.7 Å². The van der Waals surface area contributed by atoms with Crippen molar-refractivity contribution in [3.05, 3.63) is 88.9 Å². The molecule has 1 aromatic heterocycles. The zero-order valence-electron chi connectivity index (χ0n) is 22.2. The van der Waals surface area contributed by atoms with Gasteiger partial charge in [-0.25, -0.2) is 8.42 Å². The van der Waals surface area contributed by atoms with E-state index >= 15 is 0 Å². The minimum absolute atomic E-state index is 0.0200. The SMILES string of the molecule is CCc1ccc(C(=O)C(C)Sc2nnc(-c3cccc(S(=O)(=O)N4CCOCC4)c3)n2-c2cccc(Cl)c2)cc1. The van der Waals surface area contributed by atoms with E-state index in [0.717, 1.165) is 6.42 Å². The third-order valence-electron chi connectivity index (χ3n) is 6.70. The summed E-state index contributed by atoms with van der Waals surface area (Å²) in [6.45, 7) is 5.25. The molecular weight excluding hydrogens is 568 g/mol. The minimum atomic E-state index is -3.71. The Hall–Kier alpha value is -3.02. The monoisotopic (exact) mass is 596 g/mol. The molecule has 0 saturated carbocycles. The number of ether oxygens (including phenoxy) is 1. The van der Waals surface area contributed by atoms with Crippen LogP contribution in [-0.4, -0.2) is 64.8 Å². The summed E-state index contributed by atoms with van der Waals surface area (Å²) in [5.74, 6) is 0.421. The van der Waals surface area contributed by atoms with Gasteiger partial charge in [-0.2, -0.15) is 4.31 Å². The first-order valence-corrected chi connectivity index (χ1v) is 15.7. The standard InChI is InChI=1S/C29H29ClN4O4S2/c1-3-21-10-12-22(13-11-21)27(35)20(2)39-29-32-31-28(34(29)25-8-5-7-24(30)19-25)23-6-4-9-26(18-23)40(36,37)33-14-16-38-17-15-33/h4-13,18-20H,3,14-17H2,1-2H3. The van der Waals surface area contributed by atoms with Gasteiger partial charge in [-0.05, 0) is 49.2 Å². The molecule has 0 N–H and O–H groups in total. The zero-order chi connectivity index (χ0) is 28.3. The van der Waals surface area contributed by atoms with Crippen LogP contribution >= 0.6 is 23.4 Å². The Morgan fingerprint density at radius 1 is 1.02 bits per heavy atom. The molecule has 5 rings (SSSR count). The van der Waals surface area contributed by atoms with Crippen molar-refractivity contribution >= 4 is 39.2 Å². The van der Waals surface area contributed by atoms with E-state index in [4.69, 9.17) is 16.3 Å². The second kappa shape index (κ2) is 12.2. The summed E-state index contributed by atoms with van der Waals surface area (Å²) in [4.78, 5) is 13.4. The molecule has 3 aromatic carbocycles. The van der Waals surface area contributed by atoms with Gasteiger partial charge in [0.05, 0.1) is 29.0 Å². The van der Waals surface area contributed by atoms with Crippen molar-refractivity contribution in [1.29, 1.82) is 0 Å². The number of benzene rings is 3. The number of sulfonamides is 1. The third kappa shape index (κ3) is 6.01. The van der Waals surface area contributed by atoms with Crippen LogP contribution in [0.1, 0.15) is 29.8 Å². The summed E-state index contributed by atoms with van der Waals surface area (Å²) in [7, 11) is -3.71. The fourth-order valence-electron chi connectivity index (χ4n) is 4.46. The quantitative estimate of drug-likeness (QED) is 0.185. The first kappa shape index (κ1) is 28.5. The smallest absolute Gasteiger partial charge is 0.243 e. The molecule has 1 fully saturated rings. The largest absolute Gasteiger partial charge is 0.379 e. The number of nitrogens with zero attached hydrogens (tertiary/aromatic N) is 4. The van der Waals surface area contributed by atoms with E-state index in [0.29, 0.717) is 59.1 Å². The number of rotatable bonds is 9. The number of hydrogen-bond donors (Lipinski definition) is 0. The maximum Gasteiger partial charge on any atom is 0.243 e. The Kier molecular flexibility index (Phi) is 8.72. The maximum atomic E-state index is 13.3. The number of aryl methyl sites for hydroxylation is 1. The van der Waals surface area contributed by atoms with Crippen molar-refractivity contribution in [1.82, 2.24) is 19.1 Å². The second-order valence-electron chi connectivity index (χ2n) is 9.34. The fraction of sp³-hybridized carbons (Fsp3) is 0.276. The Bertz CT molecular complexity index is 1620. The molecule has 11 heteroatoms. The summed E-state index contributed by atoms with van der Waals surface area (Å²) >= 11 is 7.62. The number of hydrogen-bond acceptors (Lipinski definition) is 7. The van der Waals surface area contributed by atoms with E-state index in [2.05, 4.69) is 17.1 Å². The Morgan fingerprint density at radius 3 is 2.45 bits per heavy atom. The summed E-state index contributed by atoms with van der Waals surface area (Å²) in [6.07, 6.45) is 0.902. The fourth-order valence-corrected chi connectivity index (χ4v) is 7.05.